The van der Waals surface area contributed by atoms with Gasteiger partial charge in [0.2, 0.25) is 0 Å². The molecule has 0 rings (SSSR count). The van der Waals surface area contributed by atoms with Gasteiger partial charge in [0.1, 0.15) is 13.2 Å². The summed E-state index contributed by atoms with van der Waals surface area (Å²) in [6, 6.07) is 0. The van der Waals surface area contributed by atoms with Crippen molar-refractivity contribution in [3.05, 3.63) is 48.6 Å². The molecule has 0 aliphatic rings. The van der Waals surface area contributed by atoms with E-state index in [1.165, 1.54) is 283 Å². The standard InChI is InChI=1S/C76H140O6/c1-4-7-10-13-16-19-22-24-26-28-30-31-32-33-34-35-36-37-38-39-40-41-42-43-44-45-46-48-49-51-54-57-60-63-66-69-75(78)81-72-73(71-80-74(77)68-65-62-59-56-53-21-18-15-12-9-6-3)82-76(79)70-67-64-61-58-55-52-50-47-29-27-25-23-20-17-14-11-8-5-2/h20,22-24,27-30,73H,4-19,21,25-26,31-72H2,1-3H3/b23-20-,24-22-,29-27-,30-28-. The molecular formula is C76H140O6. The highest BCUT2D eigenvalue weighted by molar-refractivity contribution is 5.71. The molecular weight excluding hydrogens is 1010 g/mol. The van der Waals surface area contributed by atoms with Crippen LogP contribution in [0.3, 0.4) is 0 Å². The molecule has 0 N–H and O–H groups in total. The first-order valence-electron chi connectivity index (χ1n) is 36.6. The number of esters is 3. The van der Waals surface area contributed by atoms with Crippen LogP contribution in [0.1, 0.15) is 400 Å². The number of hydrogen-bond donors (Lipinski definition) is 0. The van der Waals surface area contributed by atoms with Crippen LogP contribution in [0.2, 0.25) is 0 Å². The number of allylic oxidation sites excluding steroid dienone is 8. The van der Waals surface area contributed by atoms with Crippen LogP contribution in [0, 0.1) is 0 Å². The maximum absolute atomic E-state index is 12.9. The number of hydrogen-bond acceptors (Lipinski definition) is 6. The first kappa shape index (κ1) is 79.4. The van der Waals surface area contributed by atoms with Gasteiger partial charge < -0.3 is 14.2 Å². The van der Waals surface area contributed by atoms with Crippen LogP contribution in [0.25, 0.3) is 0 Å². The van der Waals surface area contributed by atoms with E-state index in [9.17, 15) is 14.4 Å². The zero-order valence-corrected chi connectivity index (χ0v) is 55.3. The first-order valence-corrected chi connectivity index (χ1v) is 36.6. The Labute approximate surface area is 511 Å². The smallest absolute Gasteiger partial charge is 0.306 e. The van der Waals surface area contributed by atoms with Gasteiger partial charge in [-0.05, 0) is 83.5 Å². The Hall–Kier alpha value is -2.63. The molecule has 0 aliphatic heterocycles. The van der Waals surface area contributed by atoms with Crippen LogP contribution in [0.15, 0.2) is 48.6 Å². The van der Waals surface area contributed by atoms with Crippen molar-refractivity contribution < 1.29 is 28.6 Å². The van der Waals surface area contributed by atoms with E-state index in [-0.39, 0.29) is 31.1 Å². The molecule has 0 radical (unpaired) electrons. The predicted octanol–water partition coefficient (Wildman–Crippen LogP) is 25.3. The Kier molecular flexibility index (Phi) is 68.6. The van der Waals surface area contributed by atoms with Crippen LogP contribution in [-0.2, 0) is 28.6 Å². The summed E-state index contributed by atoms with van der Waals surface area (Å²) in [6.07, 6.45) is 90.2. The Morgan fingerprint density at radius 2 is 0.439 bits per heavy atom. The van der Waals surface area contributed by atoms with Gasteiger partial charge in [-0.1, -0.05) is 345 Å². The molecule has 1 atom stereocenters. The summed E-state index contributed by atoms with van der Waals surface area (Å²) >= 11 is 0. The second kappa shape index (κ2) is 70.9. The largest absolute Gasteiger partial charge is 0.462 e. The summed E-state index contributed by atoms with van der Waals surface area (Å²) in [5.41, 5.74) is 0. The van der Waals surface area contributed by atoms with Crippen molar-refractivity contribution in [3.8, 4) is 0 Å². The highest BCUT2D eigenvalue weighted by atomic mass is 16.6. The van der Waals surface area contributed by atoms with Crippen molar-refractivity contribution in [3.63, 3.8) is 0 Å². The van der Waals surface area contributed by atoms with E-state index in [4.69, 9.17) is 14.2 Å². The topological polar surface area (TPSA) is 78.9 Å². The summed E-state index contributed by atoms with van der Waals surface area (Å²) < 4.78 is 17.0. The van der Waals surface area contributed by atoms with Gasteiger partial charge in [-0.2, -0.15) is 0 Å². The van der Waals surface area contributed by atoms with Crippen molar-refractivity contribution >= 4 is 17.9 Å². The van der Waals surface area contributed by atoms with Crippen LogP contribution < -0.4 is 0 Å². The summed E-state index contributed by atoms with van der Waals surface area (Å²) in [5.74, 6) is -0.853. The second-order valence-corrected chi connectivity index (χ2v) is 24.9. The predicted molar refractivity (Wildman–Crippen MR) is 358 cm³/mol. The fraction of sp³-hybridized carbons (Fsp3) is 0.855. The SMILES string of the molecule is CCCCCC/C=C\C/C=C\CCCCCCCCCC(=O)OC(COC(=O)CCCCCCCCCCCCC)COC(=O)CCCCCCCCCCCCCCCCCCCCCCCCC/C=C\C/C=C\CCCCCCC. The molecule has 0 aromatic heterocycles. The van der Waals surface area contributed by atoms with E-state index in [1.54, 1.807) is 0 Å². The molecule has 0 saturated heterocycles. The Morgan fingerprint density at radius 1 is 0.244 bits per heavy atom. The van der Waals surface area contributed by atoms with Crippen LogP contribution >= 0.6 is 0 Å². The van der Waals surface area contributed by atoms with Gasteiger partial charge in [0.15, 0.2) is 6.10 Å². The average Bonchev–Trinajstić information content (AvgIpc) is 3.47. The number of rotatable bonds is 68. The summed E-state index contributed by atoms with van der Waals surface area (Å²) in [6.45, 7) is 6.66. The maximum Gasteiger partial charge on any atom is 0.306 e. The molecule has 1 unspecified atom stereocenters. The number of unbranched alkanes of at least 4 members (excludes halogenated alkanes) is 49. The van der Waals surface area contributed by atoms with Crippen LogP contribution in [0.5, 0.6) is 0 Å². The van der Waals surface area contributed by atoms with Crippen molar-refractivity contribution in [2.24, 2.45) is 0 Å². The lowest BCUT2D eigenvalue weighted by molar-refractivity contribution is -0.167. The fourth-order valence-corrected chi connectivity index (χ4v) is 11.0. The lowest BCUT2D eigenvalue weighted by atomic mass is 10.0. The molecule has 0 aromatic rings. The van der Waals surface area contributed by atoms with Gasteiger partial charge in [0.05, 0.1) is 0 Å². The van der Waals surface area contributed by atoms with Gasteiger partial charge in [-0.25, -0.2) is 0 Å². The minimum atomic E-state index is -0.774. The molecule has 480 valence electrons. The lowest BCUT2D eigenvalue weighted by Gasteiger charge is -2.18. The van der Waals surface area contributed by atoms with Crippen molar-refractivity contribution in [2.45, 2.75) is 406 Å². The van der Waals surface area contributed by atoms with E-state index in [1.807, 2.05) is 0 Å². The zero-order valence-electron chi connectivity index (χ0n) is 55.3. The molecule has 6 nitrogen and oxygen atoms in total. The fourth-order valence-electron chi connectivity index (χ4n) is 11.0. The van der Waals surface area contributed by atoms with Crippen LogP contribution in [-0.4, -0.2) is 37.2 Å². The second-order valence-electron chi connectivity index (χ2n) is 24.9. The molecule has 0 heterocycles. The quantitative estimate of drug-likeness (QED) is 0.0261. The minimum Gasteiger partial charge on any atom is -0.462 e. The number of carbonyl (C=O) groups excluding carboxylic acids is 3. The molecule has 0 fully saturated rings. The molecule has 6 heteroatoms. The van der Waals surface area contributed by atoms with Crippen molar-refractivity contribution in [1.82, 2.24) is 0 Å². The molecule has 0 amide bonds. The average molecular weight is 1150 g/mol. The molecule has 0 spiro atoms. The van der Waals surface area contributed by atoms with Crippen molar-refractivity contribution in [1.29, 1.82) is 0 Å². The number of carbonyl (C=O) groups is 3. The summed E-state index contributed by atoms with van der Waals surface area (Å²) in [4.78, 5) is 38.3. The third kappa shape index (κ3) is 68.2. The Morgan fingerprint density at radius 3 is 0.683 bits per heavy atom. The third-order valence-electron chi connectivity index (χ3n) is 16.6. The summed E-state index contributed by atoms with van der Waals surface area (Å²) in [5, 5.41) is 0. The normalized spacial score (nSPS) is 12.3. The van der Waals surface area contributed by atoms with E-state index < -0.39 is 6.10 Å². The minimum absolute atomic E-state index is 0.0706. The lowest BCUT2D eigenvalue weighted by Crippen LogP contribution is -2.30. The molecule has 82 heavy (non-hydrogen) atoms. The molecule has 0 aliphatic carbocycles. The molecule has 0 saturated carbocycles. The van der Waals surface area contributed by atoms with E-state index in [0.29, 0.717) is 19.3 Å². The third-order valence-corrected chi connectivity index (χ3v) is 16.6. The summed E-state index contributed by atoms with van der Waals surface area (Å²) in [7, 11) is 0. The number of ether oxygens (including phenoxy) is 3. The van der Waals surface area contributed by atoms with Gasteiger partial charge in [0.25, 0.3) is 0 Å². The van der Waals surface area contributed by atoms with Crippen molar-refractivity contribution in [2.75, 3.05) is 13.2 Å². The van der Waals surface area contributed by atoms with Crippen LogP contribution in [0.4, 0.5) is 0 Å². The highest BCUT2D eigenvalue weighted by Gasteiger charge is 2.19. The monoisotopic (exact) mass is 1150 g/mol. The molecule has 0 aromatic carbocycles. The van der Waals surface area contributed by atoms with Gasteiger partial charge in [-0.3, -0.25) is 14.4 Å². The van der Waals surface area contributed by atoms with E-state index in [0.717, 1.165) is 77.0 Å². The molecule has 0 bridgehead atoms. The Balaban J connectivity index is 4.05. The van der Waals surface area contributed by atoms with E-state index in [2.05, 4.69) is 69.4 Å². The van der Waals surface area contributed by atoms with Gasteiger partial charge in [0, 0.05) is 19.3 Å². The Bertz CT molecular complexity index is 1410. The zero-order chi connectivity index (χ0) is 59.2. The van der Waals surface area contributed by atoms with Gasteiger partial charge >= 0.3 is 17.9 Å². The van der Waals surface area contributed by atoms with E-state index >= 15 is 0 Å². The van der Waals surface area contributed by atoms with Gasteiger partial charge in [-0.15, -0.1) is 0 Å². The maximum atomic E-state index is 12.9. The first-order chi connectivity index (χ1) is 40.5. The highest BCUT2D eigenvalue weighted by Crippen LogP contribution is 2.18.